The van der Waals surface area contributed by atoms with E-state index in [9.17, 15) is 13.2 Å². The number of rotatable bonds is 5. The first kappa shape index (κ1) is 15.8. The summed E-state index contributed by atoms with van der Waals surface area (Å²) in [7, 11) is -3.77. The minimum atomic E-state index is -3.77. The highest BCUT2D eigenvalue weighted by molar-refractivity contribution is 7.89. The molecule has 1 aliphatic carbocycles. The summed E-state index contributed by atoms with van der Waals surface area (Å²) >= 11 is 0. The van der Waals surface area contributed by atoms with Crippen molar-refractivity contribution >= 4 is 16.0 Å². The molecule has 3 rings (SSSR count). The molecule has 6 nitrogen and oxygen atoms in total. The van der Waals surface area contributed by atoms with Crippen LogP contribution in [0.2, 0.25) is 0 Å². The third-order valence-electron chi connectivity index (χ3n) is 4.17. The SMILES string of the molecule is CCn1cc(S(=O)(=O)NC2CCc3ccccc32)cc1C(=O)O. The number of aromatic nitrogens is 1. The van der Waals surface area contributed by atoms with Gasteiger partial charge in [-0.3, -0.25) is 0 Å². The number of aryl methyl sites for hydroxylation is 2. The average molecular weight is 334 g/mol. The van der Waals surface area contributed by atoms with Crippen molar-refractivity contribution in [3.8, 4) is 0 Å². The molecular formula is C16H18N2O4S. The standard InChI is InChI=1S/C16H18N2O4S/c1-2-18-10-12(9-15(18)16(19)20)23(21,22)17-14-8-7-11-5-3-4-6-13(11)14/h3-6,9-10,14,17H,2,7-8H2,1H3,(H,19,20). The molecule has 0 aliphatic heterocycles. The van der Waals surface area contributed by atoms with Gasteiger partial charge in [-0.25, -0.2) is 17.9 Å². The van der Waals surface area contributed by atoms with Crippen LogP contribution in [0.5, 0.6) is 0 Å². The number of carboxylic acid groups (broad SMARTS) is 1. The van der Waals surface area contributed by atoms with Crippen molar-refractivity contribution in [2.24, 2.45) is 0 Å². The summed E-state index contributed by atoms with van der Waals surface area (Å²) in [5.41, 5.74) is 2.11. The Morgan fingerprint density at radius 3 is 2.78 bits per heavy atom. The number of hydrogen-bond acceptors (Lipinski definition) is 3. The van der Waals surface area contributed by atoms with Crippen LogP contribution < -0.4 is 4.72 Å². The Hall–Kier alpha value is -2.12. The molecule has 2 aromatic rings. The van der Waals surface area contributed by atoms with E-state index in [2.05, 4.69) is 4.72 Å². The molecule has 0 fully saturated rings. The molecule has 1 aliphatic rings. The van der Waals surface area contributed by atoms with Crippen LogP contribution in [-0.4, -0.2) is 24.1 Å². The molecule has 2 N–H and O–H groups in total. The predicted octanol–water partition coefficient (Wildman–Crippen LogP) is 2.17. The first-order valence-corrected chi connectivity index (χ1v) is 8.94. The third-order valence-corrected chi connectivity index (χ3v) is 5.61. The summed E-state index contributed by atoms with van der Waals surface area (Å²) in [6, 6.07) is 8.69. The molecule has 0 saturated heterocycles. The van der Waals surface area contributed by atoms with Crippen LogP contribution in [0.3, 0.4) is 0 Å². The smallest absolute Gasteiger partial charge is 0.352 e. The van der Waals surface area contributed by atoms with E-state index in [0.29, 0.717) is 13.0 Å². The van der Waals surface area contributed by atoms with Crippen molar-refractivity contribution < 1.29 is 18.3 Å². The van der Waals surface area contributed by atoms with Crippen LogP contribution in [0, 0.1) is 0 Å². The van der Waals surface area contributed by atoms with E-state index in [1.165, 1.54) is 16.8 Å². The Morgan fingerprint density at radius 2 is 2.13 bits per heavy atom. The lowest BCUT2D eigenvalue weighted by atomic mass is 10.1. The number of fused-ring (bicyclic) bond motifs is 1. The van der Waals surface area contributed by atoms with Gasteiger partial charge in [-0.05, 0) is 37.0 Å². The maximum absolute atomic E-state index is 12.6. The van der Waals surface area contributed by atoms with E-state index < -0.39 is 16.0 Å². The van der Waals surface area contributed by atoms with Crippen molar-refractivity contribution in [3.05, 3.63) is 53.3 Å². The van der Waals surface area contributed by atoms with Gasteiger partial charge in [0.05, 0.1) is 0 Å². The minimum Gasteiger partial charge on any atom is -0.477 e. The Morgan fingerprint density at radius 1 is 1.39 bits per heavy atom. The van der Waals surface area contributed by atoms with E-state index in [-0.39, 0.29) is 16.6 Å². The normalized spacial score (nSPS) is 17.2. The second-order valence-electron chi connectivity index (χ2n) is 5.56. The first-order chi connectivity index (χ1) is 10.9. The molecule has 0 radical (unpaired) electrons. The topological polar surface area (TPSA) is 88.4 Å². The molecule has 0 saturated carbocycles. The van der Waals surface area contributed by atoms with E-state index in [4.69, 9.17) is 5.11 Å². The lowest BCUT2D eigenvalue weighted by Gasteiger charge is -2.13. The van der Waals surface area contributed by atoms with Gasteiger partial charge in [0.15, 0.2) is 0 Å². The maximum Gasteiger partial charge on any atom is 0.352 e. The van der Waals surface area contributed by atoms with E-state index in [1.807, 2.05) is 24.3 Å². The van der Waals surface area contributed by atoms with Crippen LogP contribution in [0.4, 0.5) is 0 Å². The van der Waals surface area contributed by atoms with E-state index >= 15 is 0 Å². The van der Waals surface area contributed by atoms with Crippen LogP contribution in [0.15, 0.2) is 41.4 Å². The fraction of sp³-hybridized carbons (Fsp3) is 0.312. The van der Waals surface area contributed by atoms with Gasteiger partial charge in [0.2, 0.25) is 10.0 Å². The van der Waals surface area contributed by atoms with Crippen molar-refractivity contribution in [1.29, 1.82) is 0 Å². The number of carbonyl (C=O) groups is 1. The molecule has 1 unspecified atom stereocenters. The summed E-state index contributed by atoms with van der Waals surface area (Å²) in [4.78, 5) is 11.2. The largest absolute Gasteiger partial charge is 0.477 e. The zero-order valence-corrected chi connectivity index (χ0v) is 13.5. The van der Waals surface area contributed by atoms with E-state index in [0.717, 1.165) is 17.5 Å². The van der Waals surface area contributed by atoms with Gasteiger partial charge in [-0.2, -0.15) is 0 Å². The first-order valence-electron chi connectivity index (χ1n) is 7.46. The minimum absolute atomic E-state index is 0.0128. The van der Waals surface area contributed by atoms with Gasteiger partial charge >= 0.3 is 5.97 Å². The van der Waals surface area contributed by atoms with Crippen molar-refractivity contribution in [2.75, 3.05) is 0 Å². The lowest BCUT2D eigenvalue weighted by Crippen LogP contribution is -2.27. The number of nitrogens with one attached hydrogen (secondary N) is 1. The van der Waals surface area contributed by atoms with Gasteiger partial charge < -0.3 is 9.67 Å². The molecule has 122 valence electrons. The van der Waals surface area contributed by atoms with Gasteiger partial charge in [-0.15, -0.1) is 0 Å². The summed E-state index contributed by atoms with van der Waals surface area (Å²) in [6.07, 6.45) is 2.91. The number of hydrogen-bond donors (Lipinski definition) is 2. The maximum atomic E-state index is 12.6. The monoisotopic (exact) mass is 334 g/mol. The van der Waals surface area contributed by atoms with Gasteiger partial charge in [0.1, 0.15) is 10.6 Å². The number of aromatic carboxylic acids is 1. The summed E-state index contributed by atoms with van der Waals surface area (Å²) < 4.78 is 29.3. The van der Waals surface area contributed by atoms with Gasteiger partial charge in [0, 0.05) is 18.8 Å². The number of carboxylic acids is 1. The number of benzene rings is 1. The molecule has 0 spiro atoms. The Kier molecular flexibility index (Phi) is 3.99. The summed E-state index contributed by atoms with van der Waals surface area (Å²) in [5.74, 6) is -1.14. The Labute approximate surface area is 134 Å². The zero-order chi connectivity index (χ0) is 16.6. The molecule has 1 heterocycles. The Balaban J connectivity index is 1.90. The van der Waals surface area contributed by atoms with Crippen LogP contribution in [0.1, 0.15) is 41.0 Å². The molecule has 0 bridgehead atoms. The van der Waals surface area contributed by atoms with Crippen LogP contribution in [-0.2, 0) is 23.0 Å². The second kappa shape index (κ2) is 5.82. The van der Waals surface area contributed by atoms with Crippen molar-refractivity contribution in [1.82, 2.24) is 9.29 Å². The van der Waals surface area contributed by atoms with Crippen LogP contribution >= 0.6 is 0 Å². The van der Waals surface area contributed by atoms with E-state index in [1.54, 1.807) is 6.92 Å². The molecule has 1 aromatic heterocycles. The third kappa shape index (κ3) is 2.89. The van der Waals surface area contributed by atoms with Crippen LogP contribution in [0.25, 0.3) is 0 Å². The molecule has 1 aromatic carbocycles. The fourth-order valence-corrected chi connectivity index (χ4v) is 4.29. The summed E-state index contributed by atoms with van der Waals surface area (Å²) in [6.45, 7) is 2.16. The molecule has 7 heteroatoms. The van der Waals surface area contributed by atoms with Gasteiger partial charge in [0.25, 0.3) is 0 Å². The quantitative estimate of drug-likeness (QED) is 0.877. The number of sulfonamides is 1. The molecule has 23 heavy (non-hydrogen) atoms. The zero-order valence-electron chi connectivity index (χ0n) is 12.7. The molecule has 1 atom stereocenters. The second-order valence-corrected chi connectivity index (χ2v) is 7.28. The highest BCUT2D eigenvalue weighted by Crippen LogP contribution is 2.32. The van der Waals surface area contributed by atoms with Crippen molar-refractivity contribution in [3.63, 3.8) is 0 Å². The highest BCUT2D eigenvalue weighted by Gasteiger charge is 2.28. The summed E-state index contributed by atoms with van der Waals surface area (Å²) in [5, 5.41) is 9.15. The predicted molar refractivity (Wildman–Crippen MR) is 84.9 cm³/mol. The fourth-order valence-electron chi connectivity index (χ4n) is 3.01. The highest BCUT2D eigenvalue weighted by atomic mass is 32.2. The average Bonchev–Trinajstić information content (AvgIpc) is 3.12. The molecular weight excluding hydrogens is 316 g/mol. The molecule has 0 amide bonds. The van der Waals surface area contributed by atoms with Crippen molar-refractivity contribution in [2.45, 2.75) is 37.2 Å². The Bertz CT molecular complexity index is 855. The van der Waals surface area contributed by atoms with Gasteiger partial charge in [-0.1, -0.05) is 24.3 Å². The lowest BCUT2D eigenvalue weighted by molar-refractivity contribution is 0.0685. The number of nitrogens with zero attached hydrogens (tertiary/aromatic N) is 1.